The molecule has 0 bridgehead atoms. The van der Waals surface area contributed by atoms with Gasteiger partial charge >= 0.3 is 6.03 Å². The molecule has 2 amide bonds. The molecule has 3 rings (SSSR count). The molecule has 2 N–H and O–H groups in total. The van der Waals surface area contributed by atoms with Gasteiger partial charge in [0.1, 0.15) is 5.82 Å². The Labute approximate surface area is 136 Å². The first kappa shape index (κ1) is 16.1. The molecule has 0 saturated carbocycles. The molecule has 2 fully saturated rings. The monoisotopic (exact) mass is 321 g/mol. The van der Waals surface area contributed by atoms with Gasteiger partial charge in [-0.25, -0.2) is 9.18 Å². The van der Waals surface area contributed by atoms with Crippen LogP contribution in [0.4, 0.5) is 14.9 Å². The van der Waals surface area contributed by atoms with Gasteiger partial charge in [-0.05, 0) is 44.4 Å². The van der Waals surface area contributed by atoms with Crippen molar-refractivity contribution >= 4 is 11.7 Å². The number of halogens is 1. The Morgan fingerprint density at radius 1 is 1.30 bits per heavy atom. The quantitative estimate of drug-likeness (QED) is 0.898. The van der Waals surface area contributed by atoms with E-state index >= 15 is 0 Å². The average molecular weight is 321 g/mol. The Balaban J connectivity index is 1.76. The summed E-state index contributed by atoms with van der Waals surface area (Å²) >= 11 is 0. The van der Waals surface area contributed by atoms with Gasteiger partial charge in [-0.15, -0.1) is 0 Å². The van der Waals surface area contributed by atoms with E-state index in [9.17, 15) is 14.3 Å². The lowest BCUT2D eigenvalue weighted by Crippen LogP contribution is -2.48. The lowest BCUT2D eigenvalue weighted by Gasteiger charge is -2.35. The van der Waals surface area contributed by atoms with Crippen molar-refractivity contribution in [3.8, 4) is 0 Å². The summed E-state index contributed by atoms with van der Waals surface area (Å²) in [6.45, 7) is 4.95. The normalized spacial score (nSPS) is 20.1. The zero-order chi connectivity index (χ0) is 16.4. The molecule has 5 nitrogen and oxygen atoms in total. The molecule has 0 aliphatic carbocycles. The van der Waals surface area contributed by atoms with Gasteiger partial charge < -0.3 is 20.2 Å². The van der Waals surface area contributed by atoms with Crippen LogP contribution >= 0.6 is 0 Å². The number of hydrogen-bond donors (Lipinski definition) is 2. The third kappa shape index (κ3) is 3.58. The molecule has 2 aliphatic heterocycles. The summed E-state index contributed by atoms with van der Waals surface area (Å²) in [5, 5.41) is 12.6. The fraction of sp³-hybridized carbons (Fsp3) is 0.588. The molecule has 6 heteroatoms. The second kappa shape index (κ2) is 6.74. The van der Waals surface area contributed by atoms with E-state index < -0.39 is 0 Å². The molecule has 0 spiro atoms. The number of hydrogen-bond acceptors (Lipinski definition) is 3. The van der Waals surface area contributed by atoms with E-state index in [1.54, 1.807) is 11.0 Å². The van der Waals surface area contributed by atoms with E-state index in [4.69, 9.17) is 0 Å². The van der Waals surface area contributed by atoms with Crippen LogP contribution in [0.2, 0.25) is 0 Å². The largest absolute Gasteiger partial charge is 0.393 e. The number of benzene rings is 1. The highest BCUT2D eigenvalue weighted by Crippen LogP contribution is 2.30. The Morgan fingerprint density at radius 3 is 2.61 bits per heavy atom. The van der Waals surface area contributed by atoms with Crippen LogP contribution in [0.1, 0.15) is 37.8 Å². The van der Waals surface area contributed by atoms with Crippen LogP contribution in [-0.2, 0) is 0 Å². The molecule has 2 heterocycles. The second-order valence-corrected chi connectivity index (χ2v) is 6.43. The van der Waals surface area contributed by atoms with E-state index in [0.29, 0.717) is 12.8 Å². The molecule has 0 aromatic heterocycles. The predicted octanol–water partition coefficient (Wildman–Crippen LogP) is 2.26. The molecular weight excluding hydrogens is 297 g/mol. The smallest absolute Gasteiger partial charge is 0.317 e. The molecule has 2 saturated heterocycles. The number of piperidine rings is 1. The number of carbonyl (C=O) groups excluding carboxylic acids is 1. The number of rotatable bonds is 3. The molecule has 2 aliphatic rings. The highest BCUT2D eigenvalue weighted by atomic mass is 19.1. The number of aliphatic hydroxyl groups is 1. The van der Waals surface area contributed by atoms with Gasteiger partial charge in [0.15, 0.2) is 0 Å². The highest BCUT2D eigenvalue weighted by molar-refractivity contribution is 5.76. The first-order valence-corrected chi connectivity index (χ1v) is 8.32. The van der Waals surface area contributed by atoms with Gasteiger partial charge in [-0.2, -0.15) is 0 Å². The topological polar surface area (TPSA) is 55.8 Å². The van der Waals surface area contributed by atoms with Crippen LogP contribution in [0.3, 0.4) is 0 Å². The van der Waals surface area contributed by atoms with Crippen molar-refractivity contribution in [3.05, 3.63) is 29.6 Å². The van der Waals surface area contributed by atoms with E-state index in [0.717, 1.165) is 43.9 Å². The molecule has 126 valence electrons. The maximum absolute atomic E-state index is 13.7. The number of nitrogens with one attached hydrogen (secondary N) is 1. The maximum Gasteiger partial charge on any atom is 0.317 e. The minimum atomic E-state index is -0.300. The van der Waals surface area contributed by atoms with E-state index in [-0.39, 0.29) is 24.0 Å². The number of nitrogens with zero attached hydrogens (tertiary/aromatic N) is 2. The molecule has 1 unspecified atom stereocenters. The first-order chi connectivity index (χ1) is 11.0. The maximum atomic E-state index is 13.7. The summed E-state index contributed by atoms with van der Waals surface area (Å²) < 4.78 is 13.7. The second-order valence-electron chi connectivity index (χ2n) is 6.43. The van der Waals surface area contributed by atoms with Gasteiger partial charge in [0, 0.05) is 37.4 Å². The van der Waals surface area contributed by atoms with Gasteiger partial charge in [0.05, 0.1) is 12.1 Å². The number of carbonyl (C=O) groups is 1. The molecular formula is C17H24FN3O2. The van der Waals surface area contributed by atoms with E-state index in [2.05, 4.69) is 10.2 Å². The van der Waals surface area contributed by atoms with Crippen molar-refractivity contribution in [3.63, 3.8) is 0 Å². The Kier molecular flexibility index (Phi) is 4.71. The number of anilines is 1. The fourth-order valence-corrected chi connectivity index (χ4v) is 3.14. The summed E-state index contributed by atoms with van der Waals surface area (Å²) in [5.74, 6) is -0.300. The van der Waals surface area contributed by atoms with Crippen LogP contribution in [-0.4, -0.2) is 48.3 Å². The van der Waals surface area contributed by atoms with Crippen LogP contribution in [0.5, 0.6) is 0 Å². The van der Waals surface area contributed by atoms with E-state index in [1.807, 2.05) is 6.92 Å². The Hall–Kier alpha value is -1.82. The van der Waals surface area contributed by atoms with Crippen molar-refractivity contribution in [2.45, 2.75) is 38.3 Å². The van der Waals surface area contributed by atoms with Crippen molar-refractivity contribution in [2.24, 2.45) is 0 Å². The minimum absolute atomic E-state index is 0.0898. The summed E-state index contributed by atoms with van der Waals surface area (Å²) in [6, 6.07) is 4.37. The first-order valence-electron chi connectivity index (χ1n) is 8.32. The third-order valence-corrected chi connectivity index (χ3v) is 4.74. The Morgan fingerprint density at radius 2 is 2.00 bits per heavy atom. The van der Waals surface area contributed by atoms with Gasteiger partial charge in [0.2, 0.25) is 0 Å². The van der Waals surface area contributed by atoms with Gasteiger partial charge in [-0.3, -0.25) is 0 Å². The van der Waals surface area contributed by atoms with Crippen molar-refractivity contribution in [1.82, 2.24) is 10.2 Å². The molecule has 23 heavy (non-hydrogen) atoms. The fourth-order valence-electron chi connectivity index (χ4n) is 3.14. The number of urea groups is 1. The van der Waals surface area contributed by atoms with Crippen LogP contribution in [0.25, 0.3) is 0 Å². The summed E-state index contributed by atoms with van der Waals surface area (Å²) in [4.78, 5) is 16.0. The number of amides is 2. The van der Waals surface area contributed by atoms with Crippen LogP contribution < -0.4 is 10.2 Å². The molecule has 0 radical (unpaired) electrons. The van der Waals surface area contributed by atoms with Gasteiger partial charge in [0.25, 0.3) is 0 Å². The van der Waals surface area contributed by atoms with Crippen LogP contribution in [0, 0.1) is 5.82 Å². The van der Waals surface area contributed by atoms with Gasteiger partial charge in [-0.1, -0.05) is 0 Å². The van der Waals surface area contributed by atoms with Crippen molar-refractivity contribution < 1.29 is 14.3 Å². The third-order valence-electron chi connectivity index (χ3n) is 4.74. The van der Waals surface area contributed by atoms with E-state index in [1.165, 1.54) is 12.1 Å². The predicted molar refractivity (Wildman–Crippen MR) is 87.0 cm³/mol. The Bertz CT molecular complexity index is 569. The highest BCUT2D eigenvalue weighted by Gasteiger charge is 2.25. The standard InChI is InChI=1S/C17H24FN3O2/c1-12(19-17(23)21-7-2-8-21)15-11-13(18)3-4-16(15)20-9-5-14(22)6-10-20/h3-4,11-12,14,22H,2,5-10H2,1H3,(H,19,23). The van der Waals surface area contributed by atoms with Crippen molar-refractivity contribution in [2.75, 3.05) is 31.1 Å². The average Bonchev–Trinajstić information content (AvgIpc) is 2.46. The van der Waals surface area contributed by atoms with Crippen molar-refractivity contribution in [1.29, 1.82) is 0 Å². The zero-order valence-electron chi connectivity index (χ0n) is 13.5. The SMILES string of the molecule is CC(NC(=O)N1CCC1)c1cc(F)ccc1N1CCC(O)CC1. The lowest BCUT2D eigenvalue weighted by atomic mass is 10.0. The molecule has 1 atom stereocenters. The lowest BCUT2D eigenvalue weighted by molar-refractivity contribution is 0.145. The van der Waals surface area contributed by atoms with Crippen LogP contribution in [0.15, 0.2) is 18.2 Å². The molecule has 1 aromatic rings. The molecule has 1 aromatic carbocycles. The number of likely N-dealkylation sites (tertiary alicyclic amines) is 1. The summed E-state index contributed by atoms with van der Waals surface area (Å²) in [7, 11) is 0. The summed E-state index contributed by atoms with van der Waals surface area (Å²) in [5.41, 5.74) is 1.73. The minimum Gasteiger partial charge on any atom is -0.393 e. The number of aliphatic hydroxyl groups excluding tert-OH is 1. The summed E-state index contributed by atoms with van der Waals surface area (Å²) in [6.07, 6.45) is 2.22. The zero-order valence-corrected chi connectivity index (χ0v) is 13.5.